The Morgan fingerprint density at radius 2 is 2.24 bits per heavy atom. The maximum atomic E-state index is 11.8. The standard InChI is InChI=1S/C11H17N3O3/c1-11(2)7(5-8(11)15)12-10(17)6-3-4-9(16)14-13-6/h7-8,15H,3-5H2,1-2H3,(H,12,17)(H,14,16). The highest BCUT2D eigenvalue weighted by Gasteiger charge is 2.48. The number of rotatable bonds is 2. The van der Waals surface area contributed by atoms with Crippen molar-refractivity contribution in [1.82, 2.24) is 10.7 Å². The Morgan fingerprint density at radius 3 is 2.71 bits per heavy atom. The molecular formula is C11H17N3O3. The fourth-order valence-electron chi connectivity index (χ4n) is 2.03. The summed E-state index contributed by atoms with van der Waals surface area (Å²) in [6.07, 6.45) is 0.857. The topological polar surface area (TPSA) is 90.8 Å². The first-order chi connectivity index (χ1) is 7.91. The molecule has 3 N–H and O–H groups in total. The molecule has 0 aromatic carbocycles. The Morgan fingerprint density at radius 1 is 1.53 bits per heavy atom. The average molecular weight is 239 g/mol. The number of aliphatic hydroxyl groups excluding tert-OH is 1. The third-order valence-corrected chi connectivity index (χ3v) is 3.69. The van der Waals surface area contributed by atoms with Crippen LogP contribution in [0.2, 0.25) is 0 Å². The van der Waals surface area contributed by atoms with E-state index in [2.05, 4.69) is 15.8 Å². The molecular weight excluding hydrogens is 222 g/mol. The number of carbonyl (C=O) groups excluding carboxylic acids is 2. The molecule has 0 aromatic rings. The maximum Gasteiger partial charge on any atom is 0.267 e. The van der Waals surface area contributed by atoms with Crippen molar-refractivity contribution < 1.29 is 14.7 Å². The number of aliphatic hydroxyl groups is 1. The molecule has 2 atom stereocenters. The normalized spacial score (nSPS) is 31.0. The summed E-state index contributed by atoms with van der Waals surface area (Å²) in [5.41, 5.74) is 2.34. The molecule has 6 heteroatoms. The van der Waals surface area contributed by atoms with Gasteiger partial charge in [0, 0.05) is 24.3 Å². The number of nitrogens with zero attached hydrogens (tertiary/aromatic N) is 1. The lowest BCUT2D eigenvalue weighted by Gasteiger charge is -2.49. The first kappa shape index (κ1) is 12.0. The van der Waals surface area contributed by atoms with Crippen LogP contribution in [0.3, 0.4) is 0 Å². The van der Waals surface area contributed by atoms with E-state index < -0.39 is 0 Å². The molecule has 0 bridgehead atoms. The van der Waals surface area contributed by atoms with Crippen molar-refractivity contribution >= 4 is 17.5 Å². The van der Waals surface area contributed by atoms with Crippen LogP contribution >= 0.6 is 0 Å². The van der Waals surface area contributed by atoms with Gasteiger partial charge in [-0.2, -0.15) is 5.10 Å². The van der Waals surface area contributed by atoms with Crippen LogP contribution < -0.4 is 10.7 Å². The van der Waals surface area contributed by atoms with Gasteiger partial charge in [0.2, 0.25) is 5.91 Å². The van der Waals surface area contributed by atoms with Crippen molar-refractivity contribution in [3.63, 3.8) is 0 Å². The van der Waals surface area contributed by atoms with Gasteiger partial charge < -0.3 is 10.4 Å². The number of hydrazone groups is 1. The summed E-state index contributed by atoms with van der Waals surface area (Å²) in [6, 6.07) is -0.0367. The van der Waals surface area contributed by atoms with Crippen LogP contribution in [0, 0.1) is 5.41 Å². The number of hydrogen-bond donors (Lipinski definition) is 3. The van der Waals surface area contributed by atoms with Crippen molar-refractivity contribution in [2.45, 2.75) is 45.3 Å². The van der Waals surface area contributed by atoms with Crippen LogP contribution in [0.15, 0.2) is 5.10 Å². The van der Waals surface area contributed by atoms with E-state index in [9.17, 15) is 14.7 Å². The zero-order valence-corrected chi connectivity index (χ0v) is 9.99. The zero-order chi connectivity index (χ0) is 12.6. The third-order valence-electron chi connectivity index (χ3n) is 3.69. The van der Waals surface area contributed by atoms with E-state index in [-0.39, 0.29) is 29.4 Å². The molecule has 1 aliphatic heterocycles. The van der Waals surface area contributed by atoms with E-state index in [0.29, 0.717) is 25.0 Å². The van der Waals surface area contributed by atoms with Crippen molar-refractivity contribution in [3.8, 4) is 0 Å². The quantitative estimate of drug-likeness (QED) is 0.608. The van der Waals surface area contributed by atoms with Gasteiger partial charge in [0.15, 0.2) is 0 Å². The molecule has 2 rings (SSSR count). The second-order valence-electron chi connectivity index (χ2n) is 5.19. The molecule has 1 saturated carbocycles. The minimum atomic E-state index is -0.374. The van der Waals surface area contributed by atoms with Crippen molar-refractivity contribution in [1.29, 1.82) is 0 Å². The molecule has 6 nitrogen and oxygen atoms in total. The van der Waals surface area contributed by atoms with Crippen LogP contribution in [-0.4, -0.2) is 34.8 Å². The first-order valence-corrected chi connectivity index (χ1v) is 5.75. The van der Waals surface area contributed by atoms with E-state index in [0.717, 1.165) is 0 Å². The molecule has 2 amide bonds. The van der Waals surface area contributed by atoms with Crippen LogP contribution in [0.5, 0.6) is 0 Å². The molecule has 0 spiro atoms. The summed E-state index contributed by atoms with van der Waals surface area (Å²) in [5, 5.41) is 16.1. The van der Waals surface area contributed by atoms with E-state index in [1.54, 1.807) is 0 Å². The predicted molar refractivity (Wildman–Crippen MR) is 61.1 cm³/mol. The molecule has 0 aromatic heterocycles. The van der Waals surface area contributed by atoms with Crippen LogP contribution in [0.4, 0.5) is 0 Å². The number of hydrogen-bond acceptors (Lipinski definition) is 4. The first-order valence-electron chi connectivity index (χ1n) is 5.75. The van der Waals surface area contributed by atoms with Gasteiger partial charge in [-0.25, -0.2) is 5.43 Å². The van der Waals surface area contributed by atoms with E-state index >= 15 is 0 Å². The van der Waals surface area contributed by atoms with Gasteiger partial charge in [-0.05, 0) is 6.42 Å². The second kappa shape index (κ2) is 4.10. The molecule has 1 fully saturated rings. The Labute approximate surface area is 99.5 Å². The molecule has 94 valence electrons. The summed E-state index contributed by atoms with van der Waals surface area (Å²) in [6.45, 7) is 3.83. The highest BCUT2D eigenvalue weighted by atomic mass is 16.3. The van der Waals surface area contributed by atoms with Crippen LogP contribution in [0.25, 0.3) is 0 Å². The molecule has 0 radical (unpaired) electrons. The van der Waals surface area contributed by atoms with E-state index in [1.807, 2.05) is 13.8 Å². The maximum absolute atomic E-state index is 11.8. The zero-order valence-electron chi connectivity index (χ0n) is 9.99. The van der Waals surface area contributed by atoms with Gasteiger partial charge in [0.1, 0.15) is 5.71 Å². The summed E-state index contributed by atoms with van der Waals surface area (Å²) in [4.78, 5) is 22.7. The summed E-state index contributed by atoms with van der Waals surface area (Å²) < 4.78 is 0. The van der Waals surface area contributed by atoms with Gasteiger partial charge in [-0.1, -0.05) is 13.8 Å². The van der Waals surface area contributed by atoms with Crippen molar-refractivity contribution in [2.24, 2.45) is 10.5 Å². The Bertz CT molecular complexity index is 389. The smallest absolute Gasteiger partial charge is 0.267 e. The lowest BCUT2D eigenvalue weighted by Crippen LogP contribution is -2.62. The Kier molecular flexibility index (Phi) is 2.91. The number of amides is 2. The monoisotopic (exact) mass is 239 g/mol. The fraction of sp³-hybridized carbons (Fsp3) is 0.727. The number of nitrogens with one attached hydrogen (secondary N) is 2. The molecule has 1 heterocycles. The molecule has 1 aliphatic carbocycles. The Hall–Kier alpha value is -1.43. The highest BCUT2D eigenvalue weighted by molar-refractivity contribution is 6.39. The molecule has 17 heavy (non-hydrogen) atoms. The van der Waals surface area contributed by atoms with Crippen LogP contribution in [0.1, 0.15) is 33.1 Å². The summed E-state index contributed by atoms with van der Waals surface area (Å²) in [5.74, 6) is -0.420. The minimum absolute atomic E-state index is 0.0367. The lowest BCUT2D eigenvalue weighted by atomic mass is 9.64. The van der Waals surface area contributed by atoms with Gasteiger partial charge in [-0.3, -0.25) is 9.59 Å². The number of carbonyl (C=O) groups is 2. The van der Waals surface area contributed by atoms with Crippen molar-refractivity contribution in [3.05, 3.63) is 0 Å². The molecule has 2 unspecified atom stereocenters. The van der Waals surface area contributed by atoms with Gasteiger partial charge >= 0.3 is 0 Å². The van der Waals surface area contributed by atoms with Gasteiger partial charge in [0.05, 0.1) is 6.10 Å². The molecule has 0 saturated heterocycles. The van der Waals surface area contributed by atoms with Crippen LogP contribution in [-0.2, 0) is 9.59 Å². The second-order valence-corrected chi connectivity index (χ2v) is 5.19. The van der Waals surface area contributed by atoms with E-state index in [1.165, 1.54) is 0 Å². The predicted octanol–water partition coefficient (Wildman–Crippen LogP) is -0.472. The Balaban J connectivity index is 1.93. The SMILES string of the molecule is CC1(C)C(O)CC1NC(=O)C1=NNC(=O)CC1. The van der Waals surface area contributed by atoms with E-state index in [4.69, 9.17) is 0 Å². The minimum Gasteiger partial charge on any atom is -0.392 e. The van der Waals surface area contributed by atoms with Crippen molar-refractivity contribution in [2.75, 3.05) is 0 Å². The largest absolute Gasteiger partial charge is 0.392 e. The summed E-state index contributed by atoms with van der Waals surface area (Å²) >= 11 is 0. The third kappa shape index (κ3) is 2.17. The molecule has 2 aliphatic rings. The fourth-order valence-corrected chi connectivity index (χ4v) is 2.03. The van der Waals surface area contributed by atoms with Gasteiger partial charge in [-0.15, -0.1) is 0 Å². The average Bonchev–Trinajstić information content (AvgIpc) is 2.29. The highest BCUT2D eigenvalue weighted by Crippen LogP contribution is 2.40. The summed E-state index contributed by atoms with van der Waals surface area (Å²) in [7, 11) is 0. The van der Waals surface area contributed by atoms with Gasteiger partial charge in [0.25, 0.3) is 5.91 Å². The lowest BCUT2D eigenvalue weighted by molar-refractivity contribution is -0.123.